The Morgan fingerprint density at radius 1 is 1.83 bits per heavy atom. The Labute approximate surface area is 54.0 Å². The van der Waals surface area contributed by atoms with Gasteiger partial charge in [-0.25, -0.2) is 0 Å². The molecule has 6 heavy (non-hydrogen) atoms. The van der Waals surface area contributed by atoms with Crippen molar-refractivity contribution >= 4 is 31.9 Å². The Bertz CT molecular complexity index is 30.0. The van der Waals surface area contributed by atoms with Gasteiger partial charge in [-0.3, -0.25) is 0 Å². The molecule has 0 aliphatic heterocycles. The fourth-order valence-electron chi connectivity index (χ4n) is 0.0735. The van der Waals surface area contributed by atoms with Gasteiger partial charge in [0, 0.05) is 11.8 Å². The van der Waals surface area contributed by atoms with Crippen molar-refractivity contribution in [2.24, 2.45) is 0 Å². The van der Waals surface area contributed by atoms with E-state index in [4.69, 9.17) is 5.11 Å². The third-order valence-electron chi connectivity index (χ3n) is 0.284. The van der Waals surface area contributed by atoms with Crippen molar-refractivity contribution in [1.29, 1.82) is 0 Å². The van der Waals surface area contributed by atoms with Gasteiger partial charge in [-0.2, -0.15) is 0 Å². The molecule has 1 unspecified atom stereocenters. The van der Waals surface area contributed by atoms with Crippen molar-refractivity contribution in [3.05, 3.63) is 6.42 Å². The monoisotopic (exact) mass is 215 g/mol. The summed E-state index contributed by atoms with van der Waals surface area (Å²) >= 11 is 6.01. The molecule has 0 spiro atoms. The van der Waals surface area contributed by atoms with Crippen LogP contribution in [0.5, 0.6) is 0 Å². The highest BCUT2D eigenvalue weighted by Gasteiger charge is 1.91. The molecule has 0 amide bonds. The van der Waals surface area contributed by atoms with E-state index in [1.54, 1.807) is 6.42 Å². The van der Waals surface area contributed by atoms with E-state index < -0.39 is 5.01 Å². The topological polar surface area (TPSA) is 20.2 Å². The zero-order chi connectivity index (χ0) is 4.99. The van der Waals surface area contributed by atoms with Crippen LogP contribution in [0.15, 0.2) is 0 Å². The number of aliphatic hydroxyl groups is 1. The number of halogens is 2. The van der Waals surface area contributed by atoms with E-state index >= 15 is 0 Å². The average Bonchev–Trinajstić information content (AvgIpc) is 1.35. The van der Waals surface area contributed by atoms with Crippen LogP contribution in [0, 0.1) is 6.42 Å². The van der Waals surface area contributed by atoms with Crippen molar-refractivity contribution in [3.8, 4) is 0 Å². The van der Waals surface area contributed by atoms with Crippen LogP contribution < -0.4 is 0 Å². The Morgan fingerprint density at radius 2 is 2.33 bits per heavy atom. The van der Waals surface area contributed by atoms with Crippen LogP contribution in [0.3, 0.4) is 0 Å². The van der Waals surface area contributed by atoms with Crippen LogP contribution in [0.2, 0.25) is 0 Å². The van der Waals surface area contributed by atoms with Gasteiger partial charge in [-0.05, 0) is 0 Å². The van der Waals surface area contributed by atoms with E-state index in [0.717, 1.165) is 5.33 Å². The minimum atomic E-state index is -0.461. The summed E-state index contributed by atoms with van der Waals surface area (Å²) in [6.45, 7) is 0. The lowest BCUT2D eigenvalue weighted by Crippen LogP contribution is -1.94. The second-order valence-corrected chi connectivity index (χ2v) is 2.35. The third-order valence-corrected chi connectivity index (χ3v) is 1.03. The van der Waals surface area contributed by atoms with Gasteiger partial charge in [0.1, 0.15) is 5.01 Å². The SMILES string of the molecule is OC(Br)[CH]CBr. The van der Waals surface area contributed by atoms with E-state index in [1.165, 1.54) is 0 Å². The highest BCUT2D eigenvalue weighted by molar-refractivity contribution is 9.10. The van der Waals surface area contributed by atoms with Crippen LogP contribution in [0.4, 0.5) is 0 Å². The van der Waals surface area contributed by atoms with E-state index in [1.807, 2.05) is 0 Å². The van der Waals surface area contributed by atoms with Crippen LogP contribution in [-0.2, 0) is 0 Å². The van der Waals surface area contributed by atoms with Crippen molar-refractivity contribution in [2.75, 3.05) is 5.33 Å². The Hall–Kier alpha value is 0.920. The summed E-state index contributed by atoms with van der Waals surface area (Å²) < 4.78 is 0. The van der Waals surface area contributed by atoms with E-state index in [0.29, 0.717) is 0 Å². The van der Waals surface area contributed by atoms with Gasteiger partial charge in [0.15, 0.2) is 0 Å². The van der Waals surface area contributed by atoms with Gasteiger partial charge in [-0.1, -0.05) is 31.9 Å². The standard InChI is InChI=1S/C3H5Br2O/c4-2-1-3(5)6/h1,3,6H,2H2. The summed E-state index contributed by atoms with van der Waals surface area (Å²) in [5.41, 5.74) is 0. The van der Waals surface area contributed by atoms with Crippen molar-refractivity contribution < 1.29 is 5.11 Å². The molecule has 0 saturated carbocycles. The summed E-state index contributed by atoms with van der Waals surface area (Å²) in [5.74, 6) is 0. The molecule has 37 valence electrons. The fourth-order valence-corrected chi connectivity index (χ4v) is 1.12. The van der Waals surface area contributed by atoms with E-state index in [-0.39, 0.29) is 0 Å². The van der Waals surface area contributed by atoms with Gasteiger partial charge in [0.05, 0.1) is 0 Å². The summed E-state index contributed by atoms with van der Waals surface area (Å²) in [6.07, 6.45) is 1.68. The second kappa shape index (κ2) is 4.09. The van der Waals surface area contributed by atoms with Crippen molar-refractivity contribution in [1.82, 2.24) is 0 Å². The van der Waals surface area contributed by atoms with Crippen LogP contribution in [0.25, 0.3) is 0 Å². The molecule has 1 atom stereocenters. The molecule has 0 aromatic rings. The lowest BCUT2D eigenvalue weighted by atomic mass is 10.5. The second-order valence-electron chi connectivity index (χ2n) is 0.763. The maximum atomic E-state index is 8.38. The maximum Gasteiger partial charge on any atom is 0.113 e. The molecule has 0 aromatic heterocycles. The molecule has 0 rings (SSSR count). The van der Waals surface area contributed by atoms with Gasteiger partial charge < -0.3 is 5.11 Å². The predicted octanol–water partition coefficient (Wildman–Crippen LogP) is 1.30. The molecule has 1 N–H and O–H groups in total. The van der Waals surface area contributed by atoms with Gasteiger partial charge in [0.2, 0.25) is 0 Å². The molecule has 0 aliphatic rings. The summed E-state index contributed by atoms with van der Waals surface area (Å²) in [4.78, 5) is 0. The zero-order valence-corrected chi connectivity index (χ0v) is 6.24. The predicted molar refractivity (Wildman–Crippen MR) is 33.0 cm³/mol. The Balaban J connectivity index is 2.63. The smallest absolute Gasteiger partial charge is 0.113 e. The molecule has 0 aromatic carbocycles. The van der Waals surface area contributed by atoms with Crippen LogP contribution in [0.1, 0.15) is 0 Å². The highest BCUT2D eigenvalue weighted by atomic mass is 79.9. The van der Waals surface area contributed by atoms with Gasteiger partial charge in [0.25, 0.3) is 0 Å². The first-order chi connectivity index (χ1) is 2.77. The Kier molecular flexibility index (Phi) is 4.72. The number of hydrogen-bond donors (Lipinski definition) is 1. The van der Waals surface area contributed by atoms with Crippen LogP contribution >= 0.6 is 31.9 Å². The van der Waals surface area contributed by atoms with E-state index in [2.05, 4.69) is 31.9 Å². The van der Waals surface area contributed by atoms with Crippen molar-refractivity contribution in [3.63, 3.8) is 0 Å². The molecule has 0 bridgehead atoms. The largest absolute Gasteiger partial charge is 0.382 e. The quantitative estimate of drug-likeness (QED) is 0.691. The minimum Gasteiger partial charge on any atom is -0.382 e. The molecule has 0 saturated heterocycles. The normalized spacial score (nSPS) is 14.5. The van der Waals surface area contributed by atoms with Gasteiger partial charge >= 0.3 is 0 Å². The zero-order valence-electron chi connectivity index (χ0n) is 3.06. The lowest BCUT2D eigenvalue weighted by molar-refractivity contribution is 0.302. The maximum absolute atomic E-state index is 8.38. The molecule has 1 nitrogen and oxygen atoms in total. The molecule has 0 aliphatic carbocycles. The molecule has 3 heteroatoms. The molecular formula is C3H5Br2O. The first-order valence-electron chi connectivity index (χ1n) is 1.49. The minimum absolute atomic E-state index is 0.461. The molecule has 0 fully saturated rings. The summed E-state index contributed by atoms with van der Waals surface area (Å²) in [6, 6.07) is 0. The number of alkyl halides is 2. The fraction of sp³-hybridized carbons (Fsp3) is 0.667. The molecular weight excluding hydrogens is 212 g/mol. The average molecular weight is 217 g/mol. The molecule has 1 radical (unpaired) electrons. The number of rotatable bonds is 2. The lowest BCUT2D eigenvalue weighted by Gasteiger charge is -1.91. The van der Waals surface area contributed by atoms with Crippen LogP contribution in [-0.4, -0.2) is 15.4 Å². The number of hydrogen-bond acceptors (Lipinski definition) is 1. The van der Waals surface area contributed by atoms with E-state index in [9.17, 15) is 0 Å². The van der Waals surface area contributed by atoms with Gasteiger partial charge in [-0.15, -0.1) is 0 Å². The summed E-state index contributed by atoms with van der Waals surface area (Å²) in [7, 11) is 0. The highest BCUT2D eigenvalue weighted by Crippen LogP contribution is 1.99. The number of aliphatic hydroxyl groups excluding tert-OH is 1. The first-order valence-corrected chi connectivity index (χ1v) is 3.52. The molecule has 0 heterocycles. The third kappa shape index (κ3) is 4.92. The van der Waals surface area contributed by atoms with Crippen molar-refractivity contribution in [2.45, 2.75) is 5.01 Å². The summed E-state index contributed by atoms with van der Waals surface area (Å²) in [5, 5.41) is 8.64. The Morgan fingerprint density at radius 3 is 2.33 bits per heavy atom. The first kappa shape index (κ1) is 6.92.